The number of anilines is 1. The number of benzene rings is 1. The van der Waals surface area contributed by atoms with Crippen LogP contribution in [-0.2, 0) is 12.8 Å². The molecule has 1 atom stereocenters. The van der Waals surface area contributed by atoms with Gasteiger partial charge in [0.25, 0.3) is 5.56 Å². The first-order chi connectivity index (χ1) is 14.9. The predicted octanol–water partition coefficient (Wildman–Crippen LogP) is 2.97. The molecule has 7 heteroatoms. The third-order valence-corrected chi connectivity index (χ3v) is 5.44. The lowest BCUT2D eigenvalue weighted by atomic mass is 10.0. The van der Waals surface area contributed by atoms with Gasteiger partial charge in [0.05, 0.1) is 12.8 Å². The molecule has 3 rings (SSSR count). The molecule has 0 bridgehead atoms. The van der Waals surface area contributed by atoms with Crippen LogP contribution in [0.15, 0.2) is 47.3 Å². The smallest absolute Gasteiger partial charge is 0.252 e. The van der Waals surface area contributed by atoms with Crippen molar-refractivity contribution >= 4 is 5.95 Å². The van der Waals surface area contributed by atoms with Gasteiger partial charge in [-0.3, -0.25) is 9.78 Å². The van der Waals surface area contributed by atoms with E-state index >= 15 is 0 Å². The normalized spacial score (nSPS) is 12.1. The Balaban J connectivity index is 1.74. The molecule has 3 aromatic rings. The van der Waals surface area contributed by atoms with E-state index in [0.29, 0.717) is 30.5 Å². The Morgan fingerprint density at radius 2 is 1.87 bits per heavy atom. The minimum absolute atomic E-state index is 0.172. The third kappa shape index (κ3) is 6.15. The molecule has 0 saturated heterocycles. The van der Waals surface area contributed by atoms with E-state index in [1.165, 1.54) is 5.56 Å². The number of methoxy groups -OCH3 is 1. The summed E-state index contributed by atoms with van der Waals surface area (Å²) in [7, 11) is 5.73. The van der Waals surface area contributed by atoms with Gasteiger partial charge < -0.3 is 15.0 Å². The molecule has 0 aliphatic rings. The van der Waals surface area contributed by atoms with Crippen molar-refractivity contribution in [3.05, 3.63) is 80.9 Å². The number of pyridine rings is 1. The lowest BCUT2D eigenvalue weighted by Crippen LogP contribution is -2.37. The third-order valence-electron chi connectivity index (χ3n) is 5.44. The van der Waals surface area contributed by atoms with Gasteiger partial charge in [0.15, 0.2) is 0 Å². The van der Waals surface area contributed by atoms with Crippen molar-refractivity contribution in [3.63, 3.8) is 0 Å². The molecule has 0 aliphatic carbocycles. The van der Waals surface area contributed by atoms with Crippen molar-refractivity contribution in [1.82, 2.24) is 19.9 Å². The number of hydrogen-bond acceptors (Lipinski definition) is 6. The van der Waals surface area contributed by atoms with E-state index in [0.717, 1.165) is 23.2 Å². The van der Waals surface area contributed by atoms with Gasteiger partial charge in [-0.05, 0) is 51.1 Å². The molecule has 1 aromatic carbocycles. The Hall–Kier alpha value is -3.19. The van der Waals surface area contributed by atoms with Crippen molar-refractivity contribution in [2.45, 2.75) is 32.7 Å². The first-order valence-corrected chi connectivity index (χ1v) is 10.4. The lowest BCUT2D eigenvalue weighted by Gasteiger charge is -2.25. The number of ether oxygens (including phenoxy) is 1. The molecule has 2 heterocycles. The van der Waals surface area contributed by atoms with Crippen molar-refractivity contribution in [2.75, 3.05) is 33.1 Å². The van der Waals surface area contributed by atoms with E-state index in [4.69, 9.17) is 4.74 Å². The average Bonchev–Trinajstić information content (AvgIpc) is 2.73. The number of likely N-dealkylation sites (N-methyl/N-ethyl adjacent to an activating group) is 1. The molecule has 0 aliphatic heterocycles. The topological polar surface area (TPSA) is 83.1 Å². The Morgan fingerprint density at radius 1 is 1.13 bits per heavy atom. The van der Waals surface area contributed by atoms with E-state index in [1.54, 1.807) is 13.2 Å². The number of H-pyrrole nitrogens is 1. The van der Waals surface area contributed by atoms with Crippen LogP contribution in [0.1, 0.15) is 28.1 Å². The maximum atomic E-state index is 12.3. The van der Waals surface area contributed by atoms with Gasteiger partial charge in [-0.1, -0.05) is 30.3 Å². The number of aryl methyl sites for hydroxylation is 2. The average molecular weight is 422 g/mol. The molecule has 164 valence electrons. The zero-order valence-corrected chi connectivity index (χ0v) is 18.9. The van der Waals surface area contributed by atoms with Gasteiger partial charge in [0.1, 0.15) is 0 Å². The van der Waals surface area contributed by atoms with E-state index in [-0.39, 0.29) is 11.6 Å². The van der Waals surface area contributed by atoms with Crippen LogP contribution in [0.4, 0.5) is 5.95 Å². The molecule has 0 radical (unpaired) electrons. The molecule has 7 nitrogen and oxygen atoms in total. The summed E-state index contributed by atoms with van der Waals surface area (Å²) in [4.78, 5) is 26.3. The van der Waals surface area contributed by atoms with E-state index in [2.05, 4.69) is 63.5 Å². The maximum absolute atomic E-state index is 12.3. The highest BCUT2D eigenvalue weighted by molar-refractivity contribution is 5.37. The van der Waals surface area contributed by atoms with Gasteiger partial charge in [-0.25, -0.2) is 9.97 Å². The zero-order chi connectivity index (χ0) is 22.4. The summed E-state index contributed by atoms with van der Waals surface area (Å²) in [6.45, 7) is 4.63. The minimum Gasteiger partial charge on any atom is -0.481 e. The molecule has 2 aromatic heterocycles. The van der Waals surface area contributed by atoms with Gasteiger partial charge in [-0.15, -0.1) is 0 Å². The molecule has 0 spiro atoms. The van der Waals surface area contributed by atoms with Crippen molar-refractivity contribution < 1.29 is 4.74 Å². The van der Waals surface area contributed by atoms with Crippen molar-refractivity contribution in [1.29, 1.82) is 0 Å². The van der Waals surface area contributed by atoms with Crippen LogP contribution in [0.5, 0.6) is 5.88 Å². The van der Waals surface area contributed by atoms with Gasteiger partial charge in [0, 0.05) is 36.8 Å². The fourth-order valence-corrected chi connectivity index (χ4v) is 3.60. The second-order valence-corrected chi connectivity index (χ2v) is 8.00. The quantitative estimate of drug-likeness (QED) is 0.553. The van der Waals surface area contributed by atoms with Crippen LogP contribution in [0.25, 0.3) is 0 Å². The highest BCUT2D eigenvalue weighted by atomic mass is 16.5. The Labute approximate surface area is 183 Å². The first kappa shape index (κ1) is 22.5. The number of nitrogens with zero attached hydrogens (tertiary/aromatic N) is 3. The largest absolute Gasteiger partial charge is 0.481 e. The summed E-state index contributed by atoms with van der Waals surface area (Å²) in [5, 5.41) is 3.32. The second-order valence-electron chi connectivity index (χ2n) is 8.00. The molecular weight excluding hydrogens is 390 g/mol. The van der Waals surface area contributed by atoms with Crippen LogP contribution in [0.3, 0.4) is 0 Å². The Bertz CT molecular complexity index is 1040. The Kier molecular flexibility index (Phi) is 7.41. The molecule has 1 unspecified atom stereocenters. The van der Waals surface area contributed by atoms with Gasteiger partial charge >= 0.3 is 0 Å². The summed E-state index contributed by atoms with van der Waals surface area (Å²) < 4.78 is 5.24. The Morgan fingerprint density at radius 3 is 2.52 bits per heavy atom. The van der Waals surface area contributed by atoms with Crippen LogP contribution in [-0.4, -0.2) is 53.6 Å². The van der Waals surface area contributed by atoms with Gasteiger partial charge in [0.2, 0.25) is 11.8 Å². The molecule has 0 fully saturated rings. The highest BCUT2D eigenvalue weighted by Gasteiger charge is 2.14. The summed E-state index contributed by atoms with van der Waals surface area (Å²) in [5.41, 5.74) is 4.80. The summed E-state index contributed by atoms with van der Waals surface area (Å²) in [6, 6.07) is 14.1. The molecule has 0 amide bonds. The zero-order valence-electron chi connectivity index (χ0n) is 18.9. The van der Waals surface area contributed by atoms with E-state index < -0.39 is 0 Å². The minimum atomic E-state index is -0.172. The fourth-order valence-electron chi connectivity index (χ4n) is 3.60. The molecule has 0 saturated carbocycles. The lowest BCUT2D eigenvalue weighted by molar-refractivity contribution is 0.303. The molecular formula is C24H31N5O2. The van der Waals surface area contributed by atoms with Crippen molar-refractivity contribution in [3.8, 4) is 5.88 Å². The van der Waals surface area contributed by atoms with Crippen LogP contribution in [0, 0.1) is 13.8 Å². The van der Waals surface area contributed by atoms with Crippen LogP contribution in [0.2, 0.25) is 0 Å². The molecule has 2 N–H and O–H groups in total. The predicted molar refractivity (Wildman–Crippen MR) is 124 cm³/mol. The highest BCUT2D eigenvalue weighted by Crippen LogP contribution is 2.20. The van der Waals surface area contributed by atoms with Crippen LogP contribution < -0.4 is 15.6 Å². The van der Waals surface area contributed by atoms with Gasteiger partial charge in [-0.2, -0.15) is 0 Å². The van der Waals surface area contributed by atoms with Crippen molar-refractivity contribution in [2.24, 2.45) is 0 Å². The SMILES string of the molecule is COc1cc(C)c(Cc2cc(=O)[nH]c(NCC(Cc3ccccc3)N(C)C)n2)c(C)n1. The number of nitrogens with one attached hydrogen (secondary N) is 2. The van der Waals surface area contributed by atoms with E-state index in [1.807, 2.05) is 26.0 Å². The number of rotatable bonds is 9. The standard InChI is InChI=1S/C24H31N5O2/c1-16-11-23(31-5)26-17(2)21(16)13-19-14-22(30)28-24(27-19)25-15-20(29(3)4)12-18-9-7-6-8-10-18/h6-11,14,20H,12-13,15H2,1-5H3,(H2,25,27,28,30). The number of aromatic amines is 1. The monoisotopic (exact) mass is 421 g/mol. The summed E-state index contributed by atoms with van der Waals surface area (Å²) in [5.74, 6) is 1.08. The van der Waals surface area contributed by atoms with E-state index in [9.17, 15) is 4.79 Å². The second kappa shape index (κ2) is 10.2. The fraction of sp³-hybridized carbons (Fsp3) is 0.375. The maximum Gasteiger partial charge on any atom is 0.252 e. The van der Waals surface area contributed by atoms with Crippen LogP contribution >= 0.6 is 0 Å². The molecule has 31 heavy (non-hydrogen) atoms. The number of hydrogen-bond donors (Lipinski definition) is 2. The number of aromatic nitrogens is 3. The summed E-state index contributed by atoms with van der Waals surface area (Å²) in [6.07, 6.45) is 1.44. The summed E-state index contributed by atoms with van der Waals surface area (Å²) >= 11 is 0. The first-order valence-electron chi connectivity index (χ1n) is 10.4.